The average Bonchev–Trinajstić information content (AvgIpc) is 2.70. The van der Waals surface area contributed by atoms with Crippen LogP contribution in [0.4, 0.5) is 11.8 Å². The van der Waals surface area contributed by atoms with Crippen LogP contribution in [0.3, 0.4) is 0 Å². The van der Waals surface area contributed by atoms with Gasteiger partial charge in [0.1, 0.15) is 10.6 Å². The van der Waals surface area contributed by atoms with E-state index >= 15 is 0 Å². The predicted molar refractivity (Wildman–Crippen MR) is 81.3 cm³/mol. The zero-order chi connectivity index (χ0) is 13.8. The van der Waals surface area contributed by atoms with Crippen LogP contribution in [0.15, 0.2) is 6.07 Å². The van der Waals surface area contributed by atoms with Crippen molar-refractivity contribution in [3.8, 4) is 0 Å². The van der Waals surface area contributed by atoms with Crippen molar-refractivity contribution in [1.82, 2.24) is 9.97 Å². The highest BCUT2D eigenvalue weighted by Gasteiger charge is 2.12. The lowest BCUT2D eigenvalue weighted by Gasteiger charge is -2.15. The van der Waals surface area contributed by atoms with Gasteiger partial charge in [-0.15, -0.1) is 11.3 Å². The minimum Gasteiger partial charge on any atom is -0.383 e. The largest absolute Gasteiger partial charge is 0.383 e. The minimum absolute atomic E-state index is 0.206. The molecule has 0 aliphatic carbocycles. The molecule has 0 spiro atoms. The van der Waals surface area contributed by atoms with Gasteiger partial charge in [-0.05, 0) is 26.8 Å². The second kappa shape index (κ2) is 6.16. The van der Waals surface area contributed by atoms with Crippen LogP contribution in [0.2, 0.25) is 0 Å². The van der Waals surface area contributed by atoms with Crippen LogP contribution in [0.25, 0.3) is 10.2 Å². The summed E-state index contributed by atoms with van der Waals surface area (Å²) in [5, 5.41) is 7.63. The quantitative estimate of drug-likeness (QED) is 0.852. The number of fused-ring (bicyclic) bond motifs is 1. The van der Waals surface area contributed by atoms with Crippen molar-refractivity contribution < 1.29 is 4.74 Å². The molecule has 0 aromatic carbocycles. The summed E-state index contributed by atoms with van der Waals surface area (Å²) in [6.07, 6.45) is 0. The fourth-order valence-corrected chi connectivity index (χ4v) is 2.79. The number of thiophene rings is 1. The van der Waals surface area contributed by atoms with E-state index in [1.165, 1.54) is 4.88 Å². The number of aryl methyl sites for hydroxylation is 1. The molecular weight excluding hydrogens is 260 g/mol. The molecule has 0 radical (unpaired) electrons. The molecule has 2 rings (SSSR count). The fraction of sp³-hybridized carbons (Fsp3) is 0.538. The topological polar surface area (TPSA) is 59.1 Å². The standard InChI is InChI=1S/C13H20N4OS/c1-5-14-13-16-11(15-8(2)7-18-4)10-6-9(3)19-12(10)17-13/h6,8H,5,7H2,1-4H3,(H2,14,15,16,17). The van der Waals surface area contributed by atoms with Crippen LogP contribution in [-0.2, 0) is 4.74 Å². The first-order valence-electron chi connectivity index (χ1n) is 6.41. The van der Waals surface area contributed by atoms with Gasteiger partial charge in [-0.1, -0.05) is 0 Å². The Labute approximate surface area is 117 Å². The summed E-state index contributed by atoms with van der Waals surface area (Å²) in [7, 11) is 1.70. The summed E-state index contributed by atoms with van der Waals surface area (Å²) in [6, 6.07) is 2.33. The van der Waals surface area contributed by atoms with Gasteiger partial charge in [-0.3, -0.25) is 0 Å². The number of nitrogens with zero attached hydrogens (tertiary/aromatic N) is 2. The summed E-state index contributed by atoms with van der Waals surface area (Å²) >= 11 is 1.68. The number of nitrogens with one attached hydrogen (secondary N) is 2. The van der Waals surface area contributed by atoms with E-state index in [1.807, 2.05) is 6.92 Å². The average molecular weight is 280 g/mol. The Kier molecular flexibility index (Phi) is 4.55. The van der Waals surface area contributed by atoms with Gasteiger partial charge in [0, 0.05) is 24.6 Å². The third kappa shape index (κ3) is 3.33. The van der Waals surface area contributed by atoms with E-state index in [1.54, 1.807) is 18.4 Å². The normalized spacial score (nSPS) is 12.6. The first kappa shape index (κ1) is 14.0. The molecule has 2 aromatic heterocycles. The second-order valence-electron chi connectivity index (χ2n) is 4.50. The highest BCUT2D eigenvalue weighted by atomic mass is 32.1. The summed E-state index contributed by atoms with van der Waals surface area (Å²) in [5.74, 6) is 1.54. The van der Waals surface area contributed by atoms with Crippen LogP contribution in [0.5, 0.6) is 0 Å². The number of ether oxygens (including phenoxy) is 1. The maximum Gasteiger partial charge on any atom is 0.226 e. The molecule has 2 aromatic rings. The van der Waals surface area contributed by atoms with Crippen LogP contribution >= 0.6 is 11.3 Å². The Morgan fingerprint density at radius 2 is 2.21 bits per heavy atom. The molecule has 0 saturated heterocycles. The van der Waals surface area contributed by atoms with Gasteiger partial charge in [-0.2, -0.15) is 4.98 Å². The van der Waals surface area contributed by atoms with Gasteiger partial charge in [0.05, 0.1) is 12.0 Å². The zero-order valence-corrected chi connectivity index (χ0v) is 12.6. The number of rotatable bonds is 6. The van der Waals surface area contributed by atoms with Crippen molar-refractivity contribution in [2.24, 2.45) is 0 Å². The number of hydrogen-bond acceptors (Lipinski definition) is 6. The van der Waals surface area contributed by atoms with Crippen molar-refractivity contribution in [3.05, 3.63) is 10.9 Å². The molecule has 19 heavy (non-hydrogen) atoms. The number of anilines is 2. The Balaban J connectivity index is 2.37. The maximum atomic E-state index is 5.15. The van der Waals surface area contributed by atoms with Crippen LogP contribution < -0.4 is 10.6 Å². The van der Waals surface area contributed by atoms with Gasteiger partial charge < -0.3 is 15.4 Å². The van der Waals surface area contributed by atoms with Crippen molar-refractivity contribution in [2.45, 2.75) is 26.8 Å². The van der Waals surface area contributed by atoms with E-state index < -0.39 is 0 Å². The number of methoxy groups -OCH3 is 1. The molecule has 0 bridgehead atoms. The second-order valence-corrected chi connectivity index (χ2v) is 5.74. The van der Waals surface area contributed by atoms with Gasteiger partial charge in [0.2, 0.25) is 5.95 Å². The van der Waals surface area contributed by atoms with Crippen LogP contribution in [-0.4, -0.2) is 36.3 Å². The fourth-order valence-electron chi connectivity index (χ4n) is 1.91. The minimum atomic E-state index is 0.206. The number of hydrogen-bond donors (Lipinski definition) is 2. The summed E-state index contributed by atoms with van der Waals surface area (Å²) in [6.45, 7) is 7.65. The van der Waals surface area contributed by atoms with E-state index in [0.717, 1.165) is 22.6 Å². The number of aromatic nitrogens is 2. The molecule has 2 N–H and O–H groups in total. The lowest BCUT2D eigenvalue weighted by atomic mass is 10.3. The molecule has 1 atom stereocenters. The highest BCUT2D eigenvalue weighted by Crippen LogP contribution is 2.29. The first-order chi connectivity index (χ1) is 9.13. The SMILES string of the molecule is CCNc1nc(NC(C)COC)c2cc(C)sc2n1. The lowest BCUT2D eigenvalue weighted by Crippen LogP contribution is -2.22. The van der Waals surface area contributed by atoms with Crippen molar-refractivity contribution in [2.75, 3.05) is 30.9 Å². The van der Waals surface area contributed by atoms with Gasteiger partial charge >= 0.3 is 0 Å². The molecule has 2 heterocycles. The molecule has 1 unspecified atom stereocenters. The molecule has 0 saturated carbocycles. The van der Waals surface area contributed by atoms with Crippen molar-refractivity contribution in [1.29, 1.82) is 0 Å². The molecule has 5 nitrogen and oxygen atoms in total. The molecule has 0 aliphatic heterocycles. The van der Waals surface area contributed by atoms with E-state index in [2.05, 4.69) is 40.5 Å². The predicted octanol–water partition coefficient (Wildman–Crippen LogP) is 2.88. The van der Waals surface area contributed by atoms with E-state index in [4.69, 9.17) is 4.74 Å². The molecule has 104 valence electrons. The van der Waals surface area contributed by atoms with E-state index in [-0.39, 0.29) is 6.04 Å². The lowest BCUT2D eigenvalue weighted by molar-refractivity contribution is 0.190. The van der Waals surface area contributed by atoms with Gasteiger partial charge in [-0.25, -0.2) is 4.98 Å². The third-order valence-corrected chi connectivity index (χ3v) is 3.59. The molecule has 0 fully saturated rings. The molecule has 0 aliphatic rings. The first-order valence-corrected chi connectivity index (χ1v) is 7.23. The van der Waals surface area contributed by atoms with E-state index in [9.17, 15) is 0 Å². The van der Waals surface area contributed by atoms with Gasteiger partial charge in [0.15, 0.2) is 0 Å². The maximum absolute atomic E-state index is 5.15. The van der Waals surface area contributed by atoms with Crippen molar-refractivity contribution in [3.63, 3.8) is 0 Å². The van der Waals surface area contributed by atoms with Crippen LogP contribution in [0.1, 0.15) is 18.7 Å². The molecule has 0 amide bonds. The summed E-state index contributed by atoms with van der Waals surface area (Å²) < 4.78 is 5.15. The molecule has 6 heteroatoms. The smallest absolute Gasteiger partial charge is 0.226 e. The summed E-state index contributed by atoms with van der Waals surface area (Å²) in [4.78, 5) is 11.3. The third-order valence-electron chi connectivity index (χ3n) is 2.65. The van der Waals surface area contributed by atoms with Crippen molar-refractivity contribution >= 4 is 33.3 Å². The van der Waals surface area contributed by atoms with Crippen LogP contribution in [0, 0.1) is 6.92 Å². The Morgan fingerprint density at radius 3 is 2.89 bits per heavy atom. The molecular formula is C13H20N4OS. The monoisotopic (exact) mass is 280 g/mol. The highest BCUT2D eigenvalue weighted by molar-refractivity contribution is 7.18. The Bertz CT molecular complexity index is 555. The summed E-state index contributed by atoms with van der Waals surface area (Å²) in [5.41, 5.74) is 0. The zero-order valence-electron chi connectivity index (χ0n) is 11.8. The Morgan fingerprint density at radius 1 is 1.42 bits per heavy atom. The van der Waals surface area contributed by atoms with Gasteiger partial charge in [0.25, 0.3) is 0 Å². The Hall–Kier alpha value is -1.40. The van der Waals surface area contributed by atoms with E-state index in [0.29, 0.717) is 12.6 Å².